The van der Waals surface area contributed by atoms with Crippen molar-refractivity contribution in [3.63, 3.8) is 0 Å². The first-order valence-corrected chi connectivity index (χ1v) is 8.37. The number of ether oxygens (including phenoxy) is 1. The highest BCUT2D eigenvalue weighted by Gasteiger charge is 2.09. The van der Waals surface area contributed by atoms with Crippen LogP contribution in [0.1, 0.15) is 23.1 Å². The lowest BCUT2D eigenvalue weighted by Gasteiger charge is -2.13. The predicted octanol–water partition coefficient (Wildman–Crippen LogP) is 3.00. The van der Waals surface area contributed by atoms with E-state index >= 15 is 0 Å². The Hall–Kier alpha value is -3.22. The number of hydrogen-bond acceptors (Lipinski definition) is 5. The lowest BCUT2D eigenvalue weighted by atomic mass is 10.1. The van der Waals surface area contributed by atoms with Crippen molar-refractivity contribution in [2.45, 2.75) is 27.2 Å². The summed E-state index contributed by atoms with van der Waals surface area (Å²) in [5, 5.41) is 14.0. The number of aryl methyl sites for hydroxylation is 3. The Kier molecular flexibility index (Phi) is 5.26. The van der Waals surface area contributed by atoms with Gasteiger partial charge < -0.3 is 10.1 Å². The van der Waals surface area contributed by atoms with Gasteiger partial charge in [-0.05, 0) is 60.0 Å². The summed E-state index contributed by atoms with van der Waals surface area (Å²) in [4.78, 5) is 12.3. The van der Waals surface area contributed by atoms with E-state index in [2.05, 4.69) is 20.8 Å². The molecule has 0 atom stereocenters. The van der Waals surface area contributed by atoms with Gasteiger partial charge in [0.25, 0.3) is 0 Å². The molecule has 134 valence electrons. The highest BCUT2D eigenvalue weighted by atomic mass is 16.5. The highest BCUT2D eigenvalue weighted by molar-refractivity contribution is 5.91. The maximum atomic E-state index is 12.3. The van der Waals surface area contributed by atoms with Gasteiger partial charge in [0.15, 0.2) is 0 Å². The lowest BCUT2D eigenvalue weighted by molar-refractivity contribution is -0.116. The van der Waals surface area contributed by atoms with E-state index < -0.39 is 0 Å². The number of benzene rings is 2. The van der Waals surface area contributed by atoms with Crippen LogP contribution in [0.25, 0.3) is 5.69 Å². The van der Waals surface area contributed by atoms with Crippen LogP contribution in [0, 0.1) is 20.8 Å². The number of rotatable bonds is 6. The van der Waals surface area contributed by atoms with Crippen molar-refractivity contribution in [3.05, 3.63) is 59.4 Å². The van der Waals surface area contributed by atoms with Crippen molar-refractivity contribution in [1.82, 2.24) is 20.2 Å². The van der Waals surface area contributed by atoms with Gasteiger partial charge in [-0.3, -0.25) is 4.79 Å². The number of tetrazole rings is 1. The Balaban J connectivity index is 1.61. The second kappa shape index (κ2) is 7.77. The molecule has 0 aliphatic rings. The van der Waals surface area contributed by atoms with E-state index in [-0.39, 0.29) is 12.3 Å². The van der Waals surface area contributed by atoms with E-state index in [0.29, 0.717) is 6.61 Å². The van der Waals surface area contributed by atoms with Gasteiger partial charge in [0, 0.05) is 5.69 Å². The quantitative estimate of drug-likeness (QED) is 0.738. The lowest BCUT2D eigenvalue weighted by Crippen LogP contribution is -2.16. The van der Waals surface area contributed by atoms with Crippen LogP contribution < -0.4 is 10.1 Å². The van der Waals surface area contributed by atoms with Gasteiger partial charge in [-0.2, -0.15) is 0 Å². The molecule has 1 N–H and O–H groups in total. The molecule has 0 aliphatic carbocycles. The van der Waals surface area contributed by atoms with Crippen LogP contribution in [0.4, 0.5) is 5.69 Å². The Morgan fingerprint density at radius 2 is 1.88 bits per heavy atom. The number of para-hydroxylation sites is 1. The number of anilines is 1. The number of amides is 1. The SMILES string of the molecule is Cc1ccc(-n2cnnn2)cc1NC(=O)CCOc1c(C)cccc1C. The van der Waals surface area contributed by atoms with Crippen molar-refractivity contribution < 1.29 is 9.53 Å². The molecule has 2 aromatic carbocycles. The minimum Gasteiger partial charge on any atom is -0.493 e. The van der Waals surface area contributed by atoms with E-state index in [4.69, 9.17) is 4.74 Å². The van der Waals surface area contributed by atoms with E-state index in [1.807, 2.05) is 57.2 Å². The second-order valence-corrected chi connectivity index (χ2v) is 6.12. The van der Waals surface area contributed by atoms with Crippen molar-refractivity contribution in [2.75, 3.05) is 11.9 Å². The fourth-order valence-corrected chi connectivity index (χ4v) is 2.65. The average molecular weight is 351 g/mol. The molecule has 1 heterocycles. The third-order valence-electron chi connectivity index (χ3n) is 4.09. The number of nitrogens with zero attached hydrogens (tertiary/aromatic N) is 4. The predicted molar refractivity (Wildman–Crippen MR) is 98.5 cm³/mol. The van der Waals surface area contributed by atoms with Crippen LogP contribution >= 0.6 is 0 Å². The van der Waals surface area contributed by atoms with Gasteiger partial charge >= 0.3 is 0 Å². The topological polar surface area (TPSA) is 81.9 Å². The smallest absolute Gasteiger partial charge is 0.227 e. The first-order chi connectivity index (χ1) is 12.5. The Morgan fingerprint density at radius 1 is 1.12 bits per heavy atom. The number of carbonyl (C=O) groups is 1. The first kappa shape index (κ1) is 17.6. The summed E-state index contributed by atoms with van der Waals surface area (Å²) in [6.45, 7) is 6.25. The number of nitrogens with one attached hydrogen (secondary N) is 1. The second-order valence-electron chi connectivity index (χ2n) is 6.12. The molecule has 26 heavy (non-hydrogen) atoms. The van der Waals surface area contributed by atoms with Gasteiger partial charge in [0.05, 0.1) is 18.7 Å². The molecule has 1 amide bonds. The van der Waals surface area contributed by atoms with Gasteiger partial charge in [-0.15, -0.1) is 5.10 Å². The first-order valence-electron chi connectivity index (χ1n) is 8.37. The minimum absolute atomic E-state index is 0.104. The zero-order chi connectivity index (χ0) is 18.5. The van der Waals surface area contributed by atoms with Gasteiger partial charge in [0.1, 0.15) is 12.1 Å². The number of aromatic nitrogens is 4. The summed E-state index contributed by atoms with van der Waals surface area (Å²) in [5.74, 6) is 0.741. The van der Waals surface area contributed by atoms with Crippen molar-refractivity contribution in [2.24, 2.45) is 0 Å². The molecule has 0 bridgehead atoms. The summed E-state index contributed by atoms with van der Waals surface area (Å²) in [5.41, 5.74) is 4.61. The number of carbonyl (C=O) groups excluding carboxylic acids is 1. The summed E-state index contributed by atoms with van der Waals surface area (Å²) < 4.78 is 7.34. The molecule has 7 nitrogen and oxygen atoms in total. The monoisotopic (exact) mass is 351 g/mol. The van der Waals surface area contributed by atoms with E-state index in [1.54, 1.807) is 4.68 Å². The van der Waals surface area contributed by atoms with Gasteiger partial charge in [-0.25, -0.2) is 4.68 Å². The third kappa shape index (κ3) is 4.05. The molecule has 0 saturated heterocycles. The fourth-order valence-electron chi connectivity index (χ4n) is 2.65. The van der Waals surface area contributed by atoms with Gasteiger partial charge in [0.2, 0.25) is 5.91 Å². The molecule has 0 saturated carbocycles. The van der Waals surface area contributed by atoms with Crippen molar-refractivity contribution in [1.29, 1.82) is 0 Å². The molecule has 1 aromatic heterocycles. The van der Waals surface area contributed by atoms with E-state index in [0.717, 1.165) is 33.8 Å². The summed E-state index contributed by atoms with van der Waals surface area (Å²) in [6.07, 6.45) is 1.77. The third-order valence-corrected chi connectivity index (χ3v) is 4.09. The Bertz CT molecular complexity index is 886. The maximum Gasteiger partial charge on any atom is 0.227 e. The minimum atomic E-state index is -0.104. The highest BCUT2D eigenvalue weighted by Crippen LogP contribution is 2.23. The average Bonchev–Trinajstić information content (AvgIpc) is 3.14. The van der Waals surface area contributed by atoms with Crippen LogP contribution in [0.3, 0.4) is 0 Å². The molecule has 7 heteroatoms. The molecule has 3 aromatic rings. The van der Waals surface area contributed by atoms with Crippen LogP contribution in [-0.4, -0.2) is 32.7 Å². The van der Waals surface area contributed by atoms with Crippen LogP contribution in [0.5, 0.6) is 5.75 Å². The van der Waals surface area contributed by atoms with Crippen LogP contribution in [0.15, 0.2) is 42.7 Å². The number of hydrogen-bond donors (Lipinski definition) is 1. The summed E-state index contributed by atoms with van der Waals surface area (Å²) in [7, 11) is 0. The Morgan fingerprint density at radius 3 is 2.58 bits per heavy atom. The van der Waals surface area contributed by atoms with Crippen LogP contribution in [-0.2, 0) is 4.79 Å². The molecule has 3 rings (SSSR count). The summed E-state index contributed by atoms with van der Waals surface area (Å²) in [6, 6.07) is 11.6. The molecule has 0 aliphatic heterocycles. The normalized spacial score (nSPS) is 10.6. The van der Waals surface area contributed by atoms with Crippen molar-refractivity contribution >= 4 is 11.6 Å². The standard InChI is InChI=1S/C19H21N5O2/c1-13-7-8-16(24-12-20-22-23-24)11-17(13)21-18(25)9-10-26-19-14(2)5-4-6-15(19)3/h4-8,11-12H,9-10H2,1-3H3,(H,21,25). The summed E-state index contributed by atoms with van der Waals surface area (Å²) >= 11 is 0. The largest absolute Gasteiger partial charge is 0.493 e. The van der Waals surface area contributed by atoms with Crippen LogP contribution in [0.2, 0.25) is 0 Å². The zero-order valence-corrected chi connectivity index (χ0v) is 15.1. The molecular formula is C19H21N5O2. The fraction of sp³-hybridized carbons (Fsp3) is 0.263. The van der Waals surface area contributed by atoms with E-state index in [1.165, 1.54) is 6.33 Å². The zero-order valence-electron chi connectivity index (χ0n) is 15.1. The Labute approximate surface area is 152 Å². The molecule has 0 unspecified atom stereocenters. The van der Waals surface area contributed by atoms with Gasteiger partial charge in [-0.1, -0.05) is 24.3 Å². The molecular weight excluding hydrogens is 330 g/mol. The van der Waals surface area contributed by atoms with Crippen molar-refractivity contribution in [3.8, 4) is 11.4 Å². The van der Waals surface area contributed by atoms with E-state index in [9.17, 15) is 4.79 Å². The molecule has 0 spiro atoms. The maximum absolute atomic E-state index is 12.3. The molecule has 0 radical (unpaired) electrons. The molecule has 0 fully saturated rings.